The van der Waals surface area contributed by atoms with E-state index in [9.17, 15) is 13.5 Å². The molecule has 0 aromatic rings. The van der Waals surface area contributed by atoms with Crippen LogP contribution in [0, 0.1) is 0 Å². The normalized spacial score (nSPS) is 15.0. The lowest BCUT2D eigenvalue weighted by Gasteiger charge is -2.15. The molecule has 2 atom stereocenters. The molecule has 0 aliphatic rings. The summed E-state index contributed by atoms with van der Waals surface area (Å²) in [5.74, 6) is 0.937. The third kappa shape index (κ3) is 13.6. The molecule has 1 N–H and O–H groups in total. The van der Waals surface area contributed by atoms with E-state index in [-0.39, 0.29) is 6.42 Å². The molecule has 2 unspecified atom stereocenters. The largest absolute Gasteiger partial charge is 0.402 e. The Morgan fingerprint density at radius 2 is 1.57 bits per heavy atom. The van der Waals surface area contributed by atoms with Gasteiger partial charge < -0.3 is 5.11 Å². The Balaban J connectivity index is 3.74. The van der Waals surface area contributed by atoms with Crippen molar-refractivity contribution >= 4 is 23.0 Å². The first kappa shape index (κ1) is 21.2. The minimum absolute atomic E-state index is 0.267. The molecule has 0 aromatic carbocycles. The predicted molar refractivity (Wildman–Crippen MR) is 87.6 cm³/mol. The van der Waals surface area contributed by atoms with Crippen LogP contribution < -0.4 is 0 Å². The van der Waals surface area contributed by atoms with Gasteiger partial charge in [0.1, 0.15) is 0 Å². The van der Waals surface area contributed by atoms with Gasteiger partial charge >= 0.3 is 10.4 Å². The fourth-order valence-corrected chi connectivity index (χ4v) is 3.09. The van der Waals surface area contributed by atoms with Crippen molar-refractivity contribution in [3.8, 4) is 0 Å². The number of rotatable bonds is 14. The number of aliphatic hydroxyl groups excluding tert-OH is 1. The van der Waals surface area contributed by atoms with Crippen LogP contribution in [0.15, 0.2) is 0 Å². The Bertz CT molecular complexity index is 332. The Morgan fingerprint density at radius 3 is 2.14 bits per heavy atom. The SMILES string of the molecule is CCCC(O)OS(=O)(=O)OC(C)CCCCCCCCS. The van der Waals surface area contributed by atoms with Crippen LogP contribution in [-0.2, 0) is 18.8 Å². The smallest absolute Gasteiger partial charge is 0.367 e. The van der Waals surface area contributed by atoms with E-state index in [1.807, 2.05) is 6.92 Å². The van der Waals surface area contributed by atoms with E-state index in [2.05, 4.69) is 16.8 Å². The molecule has 5 nitrogen and oxygen atoms in total. The number of hydrogen-bond acceptors (Lipinski definition) is 6. The second kappa shape index (κ2) is 12.7. The first-order valence-electron chi connectivity index (χ1n) is 7.81. The van der Waals surface area contributed by atoms with Gasteiger partial charge in [-0.25, -0.2) is 8.37 Å². The van der Waals surface area contributed by atoms with Crippen LogP contribution in [0.5, 0.6) is 0 Å². The Labute approximate surface area is 135 Å². The van der Waals surface area contributed by atoms with E-state index in [1.165, 1.54) is 12.8 Å². The second-order valence-electron chi connectivity index (χ2n) is 5.29. The van der Waals surface area contributed by atoms with Crippen LogP contribution in [0.25, 0.3) is 0 Å². The third-order valence-corrected chi connectivity index (χ3v) is 4.40. The van der Waals surface area contributed by atoms with Gasteiger partial charge in [-0.2, -0.15) is 21.0 Å². The third-order valence-electron chi connectivity index (χ3n) is 3.07. The molecular formula is C14H30O5S2. The molecule has 0 aliphatic heterocycles. The van der Waals surface area contributed by atoms with Crippen molar-refractivity contribution in [3.63, 3.8) is 0 Å². The summed E-state index contributed by atoms with van der Waals surface area (Å²) in [5.41, 5.74) is 0. The first-order chi connectivity index (χ1) is 9.91. The quantitative estimate of drug-likeness (QED) is 0.287. The molecule has 0 rings (SSSR count). The zero-order valence-corrected chi connectivity index (χ0v) is 14.9. The highest BCUT2D eigenvalue weighted by Crippen LogP contribution is 2.14. The molecular weight excluding hydrogens is 312 g/mol. The van der Waals surface area contributed by atoms with E-state index in [0.29, 0.717) is 12.8 Å². The number of aliphatic hydroxyl groups is 1. The van der Waals surface area contributed by atoms with Gasteiger partial charge in [0.05, 0.1) is 6.10 Å². The van der Waals surface area contributed by atoms with Gasteiger partial charge in [-0.3, -0.25) is 0 Å². The molecule has 0 bridgehead atoms. The summed E-state index contributed by atoms with van der Waals surface area (Å²) in [6.45, 7) is 3.53. The molecule has 0 aliphatic carbocycles. The summed E-state index contributed by atoms with van der Waals surface area (Å²) in [7, 11) is -4.12. The van der Waals surface area contributed by atoms with Crippen molar-refractivity contribution in [2.75, 3.05) is 5.75 Å². The molecule has 0 aromatic heterocycles. The highest BCUT2D eigenvalue weighted by atomic mass is 32.3. The maximum atomic E-state index is 11.5. The molecule has 21 heavy (non-hydrogen) atoms. The van der Waals surface area contributed by atoms with Gasteiger partial charge in [0, 0.05) is 0 Å². The summed E-state index contributed by atoms with van der Waals surface area (Å²) in [4.78, 5) is 0. The molecule has 0 fully saturated rings. The standard InChI is InChI=1S/C14H30O5S2/c1-3-10-14(15)19-21(16,17)18-13(2)11-8-6-4-5-7-9-12-20/h13-15,20H,3-12H2,1-2H3. The number of hydrogen-bond donors (Lipinski definition) is 2. The van der Waals surface area contributed by atoms with Crippen molar-refractivity contribution in [3.05, 3.63) is 0 Å². The van der Waals surface area contributed by atoms with E-state index in [1.54, 1.807) is 6.92 Å². The van der Waals surface area contributed by atoms with Gasteiger partial charge in [-0.15, -0.1) is 0 Å². The first-order valence-corrected chi connectivity index (χ1v) is 9.78. The monoisotopic (exact) mass is 342 g/mol. The van der Waals surface area contributed by atoms with Crippen LogP contribution in [0.1, 0.15) is 71.6 Å². The second-order valence-corrected chi connectivity index (χ2v) is 6.94. The molecule has 7 heteroatoms. The summed E-state index contributed by atoms with van der Waals surface area (Å²) < 4.78 is 32.4. The molecule has 0 amide bonds. The molecule has 128 valence electrons. The highest BCUT2D eigenvalue weighted by molar-refractivity contribution is 7.81. The van der Waals surface area contributed by atoms with E-state index < -0.39 is 22.8 Å². The Hall–Kier alpha value is 0.180. The zero-order chi connectivity index (χ0) is 16.1. The van der Waals surface area contributed by atoms with Crippen molar-refractivity contribution < 1.29 is 21.9 Å². The predicted octanol–water partition coefficient (Wildman–Crippen LogP) is 3.43. The van der Waals surface area contributed by atoms with Gasteiger partial charge in [0.25, 0.3) is 0 Å². The Morgan fingerprint density at radius 1 is 1.00 bits per heavy atom. The zero-order valence-electron chi connectivity index (χ0n) is 13.2. The van der Waals surface area contributed by atoms with Crippen LogP contribution in [0.2, 0.25) is 0 Å². The fraction of sp³-hybridized carbons (Fsp3) is 1.00. The average molecular weight is 343 g/mol. The maximum Gasteiger partial charge on any atom is 0.402 e. The molecule has 0 saturated heterocycles. The molecule has 0 saturated carbocycles. The van der Waals surface area contributed by atoms with Crippen molar-refractivity contribution in [2.45, 2.75) is 84.0 Å². The van der Waals surface area contributed by atoms with Crippen LogP contribution in [0.4, 0.5) is 0 Å². The number of unbranched alkanes of at least 4 members (excludes halogenated alkanes) is 5. The minimum atomic E-state index is -4.12. The van der Waals surface area contributed by atoms with Gasteiger partial charge in [0.15, 0.2) is 6.29 Å². The summed E-state index contributed by atoms with van der Waals surface area (Å²) in [6.07, 6.45) is 6.52. The van der Waals surface area contributed by atoms with E-state index in [4.69, 9.17) is 4.18 Å². The molecule has 0 radical (unpaired) electrons. The molecule has 0 heterocycles. The number of thiol groups is 1. The van der Waals surface area contributed by atoms with Crippen molar-refractivity contribution in [1.82, 2.24) is 0 Å². The van der Waals surface area contributed by atoms with Gasteiger partial charge in [-0.1, -0.05) is 45.4 Å². The van der Waals surface area contributed by atoms with Crippen molar-refractivity contribution in [2.24, 2.45) is 0 Å². The topological polar surface area (TPSA) is 72.8 Å². The van der Waals surface area contributed by atoms with Crippen LogP contribution in [-0.4, -0.2) is 31.7 Å². The van der Waals surface area contributed by atoms with E-state index >= 15 is 0 Å². The van der Waals surface area contributed by atoms with E-state index in [0.717, 1.165) is 31.4 Å². The summed E-state index contributed by atoms with van der Waals surface area (Å²) in [6, 6.07) is 0. The fourth-order valence-electron chi connectivity index (χ4n) is 1.95. The lowest BCUT2D eigenvalue weighted by atomic mass is 10.1. The minimum Gasteiger partial charge on any atom is -0.367 e. The lowest BCUT2D eigenvalue weighted by Crippen LogP contribution is -2.23. The summed E-state index contributed by atoms with van der Waals surface area (Å²) >= 11 is 4.16. The summed E-state index contributed by atoms with van der Waals surface area (Å²) in [5, 5.41) is 9.33. The van der Waals surface area contributed by atoms with Gasteiger partial charge in [0.2, 0.25) is 0 Å². The van der Waals surface area contributed by atoms with Crippen molar-refractivity contribution in [1.29, 1.82) is 0 Å². The average Bonchev–Trinajstić information content (AvgIpc) is 2.36. The highest BCUT2D eigenvalue weighted by Gasteiger charge is 2.20. The molecule has 0 spiro atoms. The van der Waals surface area contributed by atoms with Gasteiger partial charge in [-0.05, 0) is 31.9 Å². The van der Waals surface area contributed by atoms with Crippen LogP contribution >= 0.6 is 12.6 Å². The lowest BCUT2D eigenvalue weighted by molar-refractivity contribution is -0.0325. The maximum absolute atomic E-state index is 11.5. The Kier molecular flexibility index (Phi) is 12.8. The van der Waals surface area contributed by atoms with Crippen LogP contribution in [0.3, 0.4) is 0 Å².